The van der Waals surface area contributed by atoms with Crippen molar-refractivity contribution in [1.82, 2.24) is 0 Å². The number of carbonyl (C=O) groups excluding carboxylic acids is 2. The Kier molecular flexibility index (Phi) is 3.74. The van der Waals surface area contributed by atoms with E-state index >= 15 is 0 Å². The van der Waals surface area contributed by atoms with Crippen LogP contribution in [0, 0.1) is 34.5 Å². The van der Waals surface area contributed by atoms with E-state index in [2.05, 4.69) is 13.8 Å². The van der Waals surface area contributed by atoms with Crippen LogP contribution in [0.2, 0.25) is 0 Å². The van der Waals surface area contributed by atoms with Crippen LogP contribution >= 0.6 is 0 Å². The summed E-state index contributed by atoms with van der Waals surface area (Å²) in [6, 6.07) is 0. The summed E-state index contributed by atoms with van der Waals surface area (Å²) in [5.74, 6) is 1.80. The third kappa shape index (κ3) is 2.24. The Balaban J connectivity index is 1.17. The van der Waals surface area contributed by atoms with Gasteiger partial charge in [-0.05, 0) is 80.6 Å². The maximum Gasteiger partial charge on any atom is 0.332 e. The van der Waals surface area contributed by atoms with Crippen molar-refractivity contribution < 1.29 is 28.5 Å². The fraction of sp³-hybridized carbons (Fsp3) is 0.846. The highest BCUT2D eigenvalue weighted by Gasteiger charge is 2.85. The van der Waals surface area contributed by atoms with Gasteiger partial charge in [0.1, 0.15) is 11.7 Å². The molecule has 0 radical (unpaired) electrons. The van der Waals surface area contributed by atoms with Gasteiger partial charge in [0.15, 0.2) is 5.60 Å². The second kappa shape index (κ2) is 5.99. The molecule has 4 aliphatic carbocycles. The summed E-state index contributed by atoms with van der Waals surface area (Å²) in [6.07, 6.45) is 12.5. The van der Waals surface area contributed by atoms with E-state index in [1.165, 1.54) is 26.2 Å². The minimum Gasteiger partial charge on any atom is -0.463 e. The number of ether oxygens (including phenoxy) is 4. The fourth-order valence-corrected chi connectivity index (χ4v) is 9.76. The van der Waals surface area contributed by atoms with Gasteiger partial charge in [0.05, 0.1) is 6.10 Å². The standard InChI is InChI=1S/C26H34O6/c1-14(27)29-16-6-9-23(2)15(12-16)4-5-18-17(23)7-10-24(3)19(13-20-26(18,24)31-20)25-11-8-21(28)30-22(25)32-25/h8,11,15-20,22H,4-7,9-10,12-13H2,1-3H3/t15-,16+,17+,18-,19+,20-,22-,23+,24-,25+,26-/m1/s1. The van der Waals surface area contributed by atoms with E-state index in [1.54, 1.807) is 6.08 Å². The zero-order chi connectivity index (χ0) is 22.1. The van der Waals surface area contributed by atoms with Crippen LogP contribution in [0.15, 0.2) is 12.2 Å². The SMILES string of the molecule is CC(=O)O[C@H]1CC[C@@]2(C)[C@H](CC[C@@H]3[C@@H]2CC[C@]2(C)[C@@H]([C@@]45C=CC(=O)O[C@@H]4O5)C[C@H]4O[C@]342)C1. The molecule has 0 N–H and O–H groups in total. The first-order valence-electron chi connectivity index (χ1n) is 12.7. The molecule has 6 fully saturated rings. The molecule has 3 aliphatic heterocycles. The molecule has 0 aromatic rings. The molecule has 7 aliphatic rings. The molecule has 0 bridgehead atoms. The van der Waals surface area contributed by atoms with Crippen molar-refractivity contribution in [3.63, 3.8) is 0 Å². The first kappa shape index (κ1) is 20.0. The number of epoxide rings is 2. The second-order valence-electron chi connectivity index (χ2n) is 12.2. The van der Waals surface area contributed by atoms with Crippen LogP contribution < -0.4 is 0 Å². The van der Waals surface area contributed by atoms with Crippen LogP contribution in [0.5, 0.6) is 0 Å². The zero-order valence-electron chi connectivity index (χ0n) is 19.3. The van der Waals surface area contributed by atoms with E-state index in [0.29, 0.717) is 35.2 Å². The van der Waals surface area contributed by atoms with E-state index in [4.69, 9.17) is 18.9 Å². The first-order valence-corrected chi connectivity index (χ1v) is 12.7. The van der Waals surface area contributed by atoms with Gasteiger partial charge in [-0.1, -0.05) is 13.8 Å². The summed E-state index contributed by atoms with van der Waals surface area (Å²) in [6.45, 7) is 6.48. The van der Waals surface area contributed by atoms with Gasteiger partial charge in [-0.15, -0.1) is 0 Å². The van der Waals surface area contributed by atoms with Crippen LogP contribution in [0.25, 0.3) is 0 Å². The highest BCUT2D eigenvalue weighted by Crippen LogP contribution is 2.79. The lowest BCUT2D eigenvalue weighted by Gasteiger charge is -2.61. The highest BCUT2D eigenvalue weighted by atomic mass is 16.8. The van der Waals surface area contributed by atoms with Gasteiger partial charge in [-0.25, -0.2) is 4.79 Å². The second-order valence-corrected chi connectivity index (χ2v) is 12.2. The van der Waals surface area contributed by atoms with Crippen molar-refractivity contribution in [3.05, 3.63) is 12.2 Å². The number of carbonyl (C=O) groups is 2. The predicted octanol–water partition coefficient (Wildman–Crippen LogP) is 3.92. The van der Waals surface area contributed by atoms with Gasteiger partial charge in [0.2, 0.25) is 6.29 Å². The minimum atomic E-state index is -0.428. The van der Waals surface area contributed by atoms with E-state index < -0.39 is 11.9 Å². The van der Waals surface area contributed by atoms with E-state index in [-0.39, 0.29) is 29.1 Å². The maximum atomic E-state index is 11.7. The summed E-state index contributed by atoms with van der Waals surface area (Å²) < 4.78 is 23.8. The third-order valence-electron chi connectivity index (χ3n) is 11.2. The third-order valence-corrected chi connectivity index (χ3v) is 11.2. The number of fused-ring (bicyclic) bond motifs is 4. The van der Waals surface area contributed by atoms with Crippen LogP contribution in [0.1, 0.15) is 72.1 Å². The summed E-state index contributed by atoms with van der Waals surface area (Å²) in [5, 5.41) is 0. The summed E-state index contributed by atoms with van der Waals surface area (Å²) in [7, 11) is 0. The molecule has 11 atom stereocenters. The molecule has 2 saturated heterocycles. The van der Waals surface area contributed by atoms with Crippen LogP contribution in [-0.2, 0) is 28.5 Å². The van der Waals surface area contributed by atoms with Crippen LogP contribution in [0.3, 0.4) is 0 Å². The van der Waals surface area contributed by atoms with Crippen LogP contribution in [0.4, 0.5) is 0 Å². The number of esters is 2. The largest absolute Gasteiger partial charge is 0.463 e. The molecule has 0 aromatic carbocycles. The van der Waals surface area contributed by atoms with Gasteiger partial charge in [0.25, 0.3) is 0 Å². The topological polar surface area (TPSA) is 77.7 Å². The van der Waals surface area contributed by atoms with E-state index in [1.807, 2.05) is 6.08 Å². The number of rotatable bonds is 2. The Morgan fingerprint density at radius 2 is 1.91 bits per heavy atom. The van der Waals surface area contributed by atoms with Gasteiger partial charge < -0.3 is 18.9 Å². The lowest BCUT2D eigenvalue weighted by Crippen LogP contribution is -2.59. The summed E-state index contributed by atoms with van der Waals surface area (Å²) in [5.41, 5.74) is -0.106. The van der Waals surface area contributed by atoms with Crippen molar-refractivity contribution in [2.45, 2.75) is 102 Å². The molecule has 6 heteroatoms. The highest BCUT2D eigenvalue weighted by molar-refractivity contribution is 5.84. The zero-order valence-corrected chi connectivity index (χ0v) is 19.3. The van der Waals surface area contributed by atoms with Crippen molar-refractivity contribution >= 4 is 11.9 Å². The van der Waals surface area contributed by atoms with Crippen molar-refractivity contribution in [3.8, 4) is 0 Å². The molecule has 1 spiro atoms. The van der Waals surface area contributed by atoms with Gasteiger partial charge >= 0.3 is 11.9 Å². The van der Waals surface area contributed by atoms with E-state index in [9.17, 15) is 9.59 Å². The summed E-state index contributed by atoms with van der Waals surface area (Å²) in [4.78, 5) is 23.2. The molecule has 7 rings (SSSR count). The molecular formula is C26H34O6. The van der Waals surface area contributed by atoms with Gasteiger partial charge in [-0.3, -0.25) is 4.79 Å². The maximum absolute atomic E-state index is 11.7. The smallest absolute Gasteiger partial charge is 0.332 e. The Bertz CT molecular complexity index is 929. The average molecular weight is 443 g/mol. The fourth-order valence-electron chi connectivity index (χ4n) is 9.76. The Morgan fingerprint density at radius 1 is 1.06 bits per heavy atom. The molecule has 0 unspecified atom stereocenters. The lowest BCUT2D eigenvalue weighted by molar-refractivity contribution is -0.166. The molecule has 6 nitrogen and oxygen atoms in total. The lowest BCUT2D eigenvalue weighted by atomic mass is 9.43. The monoisotopic (exact) mass is 442 g/mol. The Morgan fingerprint density at radius 3 is 2.69 bits per heavy atom. The predicted molar refractivity (Wildman–Crippen MR) is 113 cm³/mol. The quantitative estimate of drug-likeness (QED) is 0.477. The average Bonchev–Trinajstić information content (AvgIpc) is 3.62. The molecule has 3 heterocycles. The Hall–Kier alpha value is -1.40. The summed E-state index contributed by atoms with van der Waals surface area (Å²) >= 11 is 0. The van der Waals surface area contributed by atoms with Crippen LogP contribution in [-0.4, -0.2) is 41.6 Å². The molecule has 0 aromatic heterocycles. The first-order chi connectivity index (χ1) is 15.2. The normalized spacial score (nSPS) is 59.0. The minimum absolute atomic E-state index is 0.0398. The molecular weight excluding hydrogens is 408 g/mol. The van der Waals surface area contributed by atoms with Gasteiger partial charge in [-0.2, -0.15) is 0 Å². The van der Waals surface area contributed by atoms with E-state index in [0.717, 1.165) is 32.1 Å². The Labute approximate surface area is 189 Å². The van der Waals surface area contributed by atoms with Crippen molar-refractivity contribution in [2.24, 2.45) is 34.5 Å². The molecule has 32 heavy (non-hydrogen) atoms. The molecule has 0 amide bonds. The van der Waals surface area contributed by atoms with Gasteiger partial charge in [0, 0.05) is 24.3 Å². The van der Waals surface area contributed by atoms with Crippen molar-refractivity contribution in [2.75, 3.05) is 0 Å². The molecule has 174 valence electrons. The number of hydrogen-bond donors (Lipinski definition) is 0. The number of hydrogen-bond acceptors (Lipinski definition) is 6. The van der Waals surface area contributed by atoms with Crippen molar-refractivity contribution in [1.29, 1.82) is 0 Å². The molecule has 4 saturated carbocycles.